The second-order valence-electron chi connectivity index (χ2n) is 8.00. The second kappa shape index (κ2) is 9.74. The Bertz CT molecular complexity index is 1210. The molecule has 4 rings (SSSR count). The number of likely N-dealkylation sites (tertiary alicyclic amines) is 1. The number of rotatable bonds is 6. The maximum atomic E-state index is 13.2. The number of methoxy groups -OCH3 is 1. The van der Waals surface area contributed by atoms with Gasteiger partial charge in [0.1, 0.15) is 5.82 Å². The molecule has 1 aliphatic rings. The zero-order valence-electron chi connectivity index (χ0n) is 18.9. The molecule has 10 heteroatoms. The number of carbonyl (C=O) groups excluding carboxylic acids is 1. The van der Waals surface area contributed by atoms with Gasteiger partial charge in [-0.1, -0.05) is 6.07 Å². The van der Waals surface area contributed by atoms with E-state index in [1.165, 1.54) is 16.5 Å². The van der Waals surface area contributed by atoms with Crippen LogP contribution in [0.15, 0.2) is 42.6 Å². The normalized spacial score (nSPS) is 16.9. The zero-order chi connectivity index (χ0) is 24.3. The van der Waals surface area contributed by atoms with E-state index in [4.69, 9.17) is 9.47 Å². The van der Waals surface area contributed by atoms with Crippen LogP contribution in [0.25, 0.3) is 11.7 Å². The number of ether oxygens (including phenoxy) is 2. The standard InChI is InChI=1S/C24H25F3N4O3/c1-3-34-19-9-6-16(13-20(19)33-2)7-11-22(32)30-12-4-5-17(14-30)23-29-28-21-10-8-18(15-31(21)23)24(25,26)27/h6-11,13,15,17H,3-5,12,14H2,1-2H3/b11-7+. The summed E-state index contributed by atoms with van der Waals surface area (Å²) in [4.78, 5) is 14.5. The van der Waals surface area contributed by atoms with Gasteiger partial charge in [0.25, 0.3) is 0 Å². The number of aromatic nitrogens is 3. The van der Waals surface area contributed by atoms with Crippen molar-refractivity contribution in [2.24, 2.45) is 0 Å². The van der Waals surface area contributed by atoms with E-state index in [9.17, 15) is 18.0 Å². The van der Waals surface area contributed by atoms with Crippen molar-refractivity contribution in [2.75, 3.05) is 26.8 Å². The summed E-state index contributed by atoms with van der Waals surface area (Å²) in [6.45, 7) is 3.32. The van der Waals surface area contributed by atoms with Crippen LogP contribution in [0.5, 0.6) is 11.5 Å². The van der Waals surface area contributed by atoms with Crippen LogP contribution >= 0.6 is 0 Å². The minimum atomic E-state index is -4.46. The number of hydrogen-bond acceptors (Lipinski definition) is 5. The third kappa shape index (κ3) is 5.00. The van der Waals surface area contributed by atoms with Crippen molar-refractivity contribution >= 4 is 17.6 Å². The maximum Gasteiger partial charge on any atom is 0.417 e. The average molecular weight is 474 g/mol. The first kappa shape index (κ1) is 23.6. The molecule has 0 spiro atoms. The third-order valence-electron chi connectivity index (χ3n) is 5.76. The minimum absolute atomic E-state index is 0.178. The van der Waals surface area contributed by atoms with Gasteiger partial charge >= 0.3 is 6.18 Å². The van der Waals surface area contributed by atoms with E-state index >= 15 is 0 Å². The summed E-state index contributed by atoms with van der Waals surface area (Å²) in [5.41, 5.74) is 0.361. The number of carbonyl (C=O) groups is 1. The molecule has 0 bridgehead atoms. The fraction of sp³-hybridized carbons (Fsp3) is 0.375. The molecule has 0 aliphatic carbocycles. The summed E-state index contributed by atoms with van der Waals surface area (Å²) in [5.74, 6) is 1.24. The molecule has 180 valence electrons. The van der Waals surface area contributed by atoms with Crippen LogP contribution in [0.1, 0.15) is 42.6 Å². The maximum absolute atomic E-state index is 13.2. The van der Waals surface area contributed by atoms with Gasteiger partial charge in [-0.25, -0.2) is 0 Å². The first-order valence-corrected chi connectivity index (χ1v) is 11.0. The average Bonchev–Trinajstić information content (AvgIpc) is 3.26. The monoisotopic (exact) mass is 474 g/mol. The van der Waals surface area contributed by atoms with E-state index in [-0.39, 0.29) is 11.8 Å². The van der Waals surface area contributed by atoms with Crippen LogP contribution in [0.2, 0.25) is 0 Å². The van der Waals surface area contributed by atoms with Crippen molar-refractivity contribution in [3.63, 3.8) is 0 Å². The minimum Gasteiger partial charge on any atom is -0.493 e. The van der Waals surface area contributed by atoms with Crippen molar-refractivity contribution < 1.29 is 27.4 Å². The van der Waals surface area contributed by atoms with E-state index in [1.54, 1.807) is 30.2 Å². The molecule has 3 heterocycles. The van der Waals surface area contributed by atoms with Crippen LogP contribution in [0, 0.1) is 0 Å². The molecule has 1 aromatic carbocycles. The predicted molar refractivity (Wildman–Crippen MR) is 120 cm³/mol. The van der Waals surface area contributed by atoms with Crippen molar-refractivity contribution in [1.82, 2.24) is 19.5 Å². The summed E-state index contributed by atoms with van der Waals surface area (Å²) in [7, 11) is 1.55. The van der Waals surface area contributed by atoms with Gasteiger partial charge in [0.15, 0.2) is 17.1 Å². The highest BCUT2D eigenvalue weighted by Gasteiger charge is 2.32. The Balaban J connectivity index is 1.49. The Hall–Kier alpha value is -3.56. The molecule has 1 atom stereocenters. The molecule has 1 saturated heterocycles. The summed E-state index contributed by atoms with van der Waals surface area (Å²) < 4.78 is 51.7. The van der Waals surface area contributed by atoms with Gasteiger partial charge in [-0.2, -0.15) is 13.2 Å². The van der Waals surface area contributed by atoms with Gasteiger partial charge < -0.3 is 14.4 Å². The quantitative estimate of drug-likeness (QED) is 0.490. The van der Waals surface area contributed by atoms with E-state index < -0.39 is 11.7 Å². The van der Waals surface area contributed by atoms with Crippen LogP contribution < -0.4 is 9.47 Å². The lowest BCUT2D eigenvalue weighted by molar-refractivity contribution is -0.137. The number of alkyl halides is 3. The molecule has 2 aromatic heterocycles. The van der Waals surface area contributed by atoms with Gasteiger partial charge in [-0.15, -0.1) is 10.2 Å². The summed E-state index contributed by atoms with van der Waals surface area (Å²) in [6.07, 6.45) is 1.17. The number of nitrogens with zero attached hydrogens (tertiary/aromatic N) is 4. The van der Waals surface area contributed by atoms with Gasteiger partial charge in [0.05, 0.1) is 19.3 Å². The van der Waals surface area contributed by atoms with Crippen molar-refractivity contribution in [3.05, 3.63) is 59.6 Å². The second-order valence-corrected chi connectivity index (χ2v) is 8.00. The number of amides is 1. The first-order valence-electron chi connectivity index (χ1n) is 11.0. The molecular formula is C24H25F3N4O3. The predicted octanol–water partition coefficient (Wildman–Crippen LogP) is 4.57. The molecule has 3 aromatic rings. The Labute approximate surface area is 194 Å². The van der Waals surface area contributed by atoms with E-state index in [1.807, 2.05) is 13.0 Å². The smallest absolute Gasteiger partial charge is 0.417 e. The highest BCUT2D eigenvalue weighted by molar-refractivity contribution is 5.92. The first-order chi connectivity index (χ1) is 16.3. The Morgan fingerprint density at radius 1 is 1.21 bits per heavy atom. The topological polar surface area (TPSA) is 69.0 Å². The van der Waals surface area contributed by atoms with E-state index in [0.717, 1.165) is 24.2 Å². The number of halogens is 3. The van der Waals surface area contributed by atoms with Crippen LogP contribution in [-0.4, -0.2) is 52.2 Å². The van der Waals surface area contributed by atoms with Crippen LogP contribution in [-0.2, 0) is 11.0 Å². The lowest BCUT2D eigenvalue weighted by atomic mass is 9.97. The summed E-state index contributed by atoms with van der Waals surface area (Å²) >= 11 is 0. The lowest BCUT2D eigenvalue weighted by Crippen LogP contribution is -2.38. The van der Waals surface area contributed by atoms with Crippen molar-refractivity contribution in [3.8, 4) is 11.5 Å². The van der Waals surface area contributed by atoms with Gasteiger partial charge in [0.2, 0.25) is 5.91 Å². The highest BCUT2D eigenvalue weighted by Crippen LogP contribution is 2.32. The Morgan fingerprint density at radius 3 is 2.76 bits per heavy atom. The number of hydrogen-bond donors (Lipinski definition) is 0. The Kier molecular flexibility index (Phi) is 6.76. The molecule has 1 fully saturated rings. The lowest BCUT2D eigenvalue weighted by Gasteiger charge is -2.31. The zero-order valence-corrected chi connectivity index (χ0v) is 18.9. The molecule has 0 N–H and O–H groups in total. The summed E-state index contributed by atoms with van der Waals surface area (Å²) in [6, 6.07) is 7.70. The number of fused-ring (bicyclic) bond motifs is 1. The van der Waals surface area contributed by atoms with Crippen LogP contribution in [0.3, 0.4) is 0 Å². The molecule has 1 unspecified atom stereocenters. The molecule has 0 saturated carbocycles. The molecule has 34 heavy (non-hydrogen) atoms. The third-order valence-corrected chi connectivity index (χ3v) is 5.76. The van der Waals surface area contributed by atoms with Crippen molar-refractivity contribution in [1.29, 1.82) is 0 Å². The fourth-order valence-corrected chi connectivity index (χ4v) is 4.08. The Morgan fingerprint density at radius 2 is 2.03 bits per heavy atom. The van der Waals surface area contributed by atoms with Gasteiger partial charge in [-0.05, 0) is 55.7 Å². The molecular weight excluding hydrogens is 449 g/mol. The van der Waals surface area contributed by atoms with E-state index in [0.29, 0.717) is 49.1 Å². The van der Waals surface area contributed by atoms with Gasteiger partial charge in [-0.3, -0.25) is 9.20 Å². The summed E-state index contributed by atoms with van der Waals surface area (Å²) in [5, 5.41) is 8.14. The number of piperidine rings is 1. The van der Waals surface area contributed by atoms with Crippen LogP contribution in [0.4, 0.5) is 13.2 Å². The molecule has 1 aliphatic heterocycles. The largest absolute Gasteiger partial charge is 0.493 e. The molecule has 1 amide bonds. The highest BCUT2D eigenvalue weighted by atomic mass is 19.4. The number of benzene rings is 1. The fourth-order valence-electron chi connectivity index (χ4n) is 4.08. The molecule has 7 nitrogen and oxygen atoms in total. The SMILES string of the molecule is CCOc1ccc(/C=C/C(=O)N2CCCC(c3nnc4ccc(C(F)(F)F)cn34)C2)cc1OC. The molecule has 0 radical (unpaired) electrons. The number of pyridine rings is 1. The van der Waals surface area contributed by atoms with Crippen molar-refractivity contribution in [2.45, 2.75) is 31.9 Å². The van der Waals surface area contributed by atoms with Gasteiger partial charge in [0, 0.05) is 31.3 Å². The van der Waals surface area contributed by atoms with E-state index in [2.05, 4.69) is 10.2 Å².